The lowest BCUT2D eigenvalue weighted by Gasteiger charge is -2.09. The second-order valence-corrected chi connectivity index (χ2v) is 3.30. The van der Waals surface area contributed by atoms with Crippen LogP contribution in [0.3, 0.4) is 0 Å². The number of hydrogen-bond acceptors (Lipinski definition) is 3. The van der Waals surface area contributed by atoms with Gasteiger partial charge < -0.3 is 15.3 Å². The topological polar surface area (TPSA) is 94.8 Å². The normalized spacial score (nSPS) is 10.1. The third-order valence-electron chi connectivity index (χ3n) is 2.26. The molecular weight excluding hydrogens is 212 g/mol. The number of carbonyl (C=O) groups is 2. The second-order valence-electron chi connectivity index (χ2n) is 3.30. The summed E-state index contributed by atoms with van der Waals surface area (Å²) < 4.78 is 0. The van der Waals surface area contributed by atoms with Crippen molar-refractivity contribution in [1.29, 1.82) is 0 Å². The lowest BCUT2D eigenvalue weighted by atomic mass is 9.97. The first kappa shape index (κ1) is 12.2. The van der Waals surface area contributed by atoms with Gasteiger partial charge in [-0.25, -0.2) is 4.79 Å². The number of aliphatic hydroxyl groups is 1. The molecule has 0 saturated carbocycles. The molecule has 0 spiro atoms. The highest BCUT2D eigenvalue weighted by Crippen LogP contribution is 2.17. The molecule has 5 nitrogen and oxygen atoms in total. The van der Waals surface area contributed by atoms with E-state index in [1.807, 2.05) is 0 Å². The fourth-order valence-corrected chi connectivity index (χ4v) is 1.51. The van der Waals surface area contributed by atoms with E-state index in [2.05, 4.69) is 0 Å². The summed E-state index contributed by atoms with van der Waals surface area (Å²) in [5, 5.41) is 26.5. The molecule has 1 aromatic carbocycles. The predicted molar refractivity (Wildman–Crippen MR) is 55.3 cm³/mol. The van der Waals surface area contributed by atoms with Gasteiger partial charge in [-0.3, -0.25) is 4.79 Å². The van der Waals surface area contributed by atoms with Crippen LogP contribution in [0.1, 0.15) is 27.9 Å². The molecule has 86 valence electrons. The van der Waals surface area contributed by atoms with E-state index in [0.717, 1.165) is 0 Å². The van der Waals surface area contributed by atoms with Gasteiger partial charge in [-0.05, 0) is 23.6 Å². The minimum atomic E-state index is -1.12. The second kappa shape index (κ2) is 5.27. The van der Waals surface area contributed by atoms with Gasteiger partial charge in [0.25, 0.3) is 0 Å². The zero-order valence-corrected chi connectivity index (χ0v) is 8.51. The Kier molecular flexibility index (Phi) is 4.02. The van der Waals surface area contributed by atoms with Gasteiger partial charge >= 0.3 is 11.9 Å². The highest BCUT2D eigenvalue weighted by Gasteiger charge is 2.14. The SMILES string of the molecule is O=C(O)CCc1c(CO)cccc1C(=O)O. The Morgan fingerprint density at radius 2 is 1.88 bits per heavy atom. The van der Waals surface area contributed by atoms with Crippen LogP contribution in [0.5, 0.6) is 0 Å². The predicted octanol–water partition coefficient (Wildman–Crippen LogP) is 0.894. The average Bonchev–Trinajstić information content (AvgIpc) is 2.25. The molecule has 0 radical (unpaired) electrons. The van der Waals surface area contributed by atoms with Crippen LogP contribution in [0.2, 0.25) is 0 Å². The third-order valence-corrected chi connectivity index (χ3v) is 2.26. The van der Waals surface area contributed by atoms with E-state index >= 15 is 0 Å². The molecule has 0 amide bonds. The summed E-state index contributed by atoms with van der Waals surface area (Å²) in [6.07, 6.45) is -0.0506. The van der Waals surface area contributed by atoms with Crippen molar-refractivity contribution in [2.75, 3.05) is 0 Å². The zero-order valence-electron chi connectivity index (χ0n) is 8.51. The fourth-order valence-electron chi connectivity index (χ4n) is 1.51. The minimum Gasteiger partial charge on any atom is -0.481 e. The molecule has 1 rings (SSSR count). The van der Waals surface area contributed by atoms with Crippen molar-refractivity contribution in [3.05, 3.63) is 34.9 Å². The maximum absolute atomic E-state index is 10.9. The van der Waals surface area contributed by atoms with Gasteiger partial charge in [0.1, 0.15) is 0 Å². The molecule has 0 aliphatic rings. The Morgan fingerprint density at radius 3 is 2.38 bits per heavy atom. The number of aliphatic hydroxyl groups excluding tert-OH is 1. The van der Waals surface area contributed by atoms with E-state index in [0.29, 0.717) is 11.1 Å². The Hall–Kier alpha value is -1.88. The first-order valence-electron chi connectivity index (χ1n) is 4.73. The highest BCUT2D eigenvalue weighted by atomic mass is 16.4. The van der Waals surface area contributed by atoms with Gasteiger partial charge in [0.2, 0.25) is 0 Å². The maximum atomic E-state index is 10.9. The first-order chi connectivity index (χ1) is 7.56. The molecule has 0 aromatic heterocycles. The van der Waals surface area contributed by atoms with E-state index in [1.165, 1.54) is 12.1 Å². The van der Waals surface area contributed by atoms with Crippen molar-refractivity contribution >= 4 is 11.9 Å². The van der Waals surface area contributed by atoms with E-state index < -0.39 is 11.9 Å². The molecule has 0 saturated heterocycles. The summed E-state index contributed by atoms with van der Waals surface area (Å²) in [4.78, 5) is 21.3. The van der Waals surface area contributed by atoms with Crippen LogP contribution >= 0.6 is 0 Å². The van der Waals surface area contributed by atoms with E-state index in [1.54, 1.807) is 6.07 Å². The van der Waals surface area contributed by atoms with Crippen molar-refractivity contribution in [3.8, 4) is 0 Å². The van der Waals surface area contributed by atoms with E-state index in [-0.39, 0.29) is 25.0 Å². The van der Waals surface area contributed by atoms with Gasteiger partial charge in [0.05, 0.1) is 12.2 Å². The first-order valence-corrected chi connectivity index (χ1v) is 4.73. The van der Waals surface area contributed by atoms with Crippen molar-refractivity contribution in [3.63, 3.8) is 0 Å². The number of aromatic carboxylic acids is 1. The summed E-state index contributed by atoms with van der Waals surface area (Å²) in [6.45, 7) is -0.296. The monoisotopic (exact) mass is 224 g/mol. The van der Waals surface area contributed by atoms with Crippen LogP contribution in [0.15, 0.2) is 18.2 Å². The number of rotatable bonds is 5. The summed E-state index contributed by atoms with van der Waals surface area (Å²) in [7, 11) is 0. The Bertz CT molecular complexity index is 411. The largest absolute Gasteiger partial charge is 0.481 e. The summed E-state index contributed by atoms with van der Waals surface area (Å²) in [5.41, 5.74) is 0.897. The van der Waals surface area contributed by atoms with Crippen molar-refractivity contribution in [2.45, 2.75) is 19.4 Å². The smallest absolute Gasteiger partial charge is 0.335 e. The maximum Gasteiger partial charge on any atom is 0.335 e. The minimum absolute atomic E-state index is 0.0489. The zero-order chi connectivity index (χ0) is 12.1. The van der Waals surface area contributed by atoms with Crippen LogP contribution in [-0.4, -0.2) is 27.3 Å². The van der Waals surface area contributed by atoms with Gasteiger partial charge in [-0.2, -0.15) is 0 Å². The Labute approximate surface area is 92.0 Å². The third kappa shape index (κ3) is 2.80. The van der Waals surface area contributed by atoms with Crippen molar-refractivity contribution in [2.24, 2.45) is 0 Å². The highest BCUT2D eigenvalue weighted by molar-refractivity contribution is 5.90. The number of aliphatic carboxylic acids is 1. The van der Waals surface area contributed by atoms with Crippen LogP contribution in [0, 0.1) is 0 Å². The molecule has 0 unspecified atom stereocenters. The molecule has 0 heterocycles. The Morgan fingerprint density at radius 1 is 1.19 bits per heavy atom. The van der Waals surface area contributed by atoms with Gasteiger partial charge in [0.15, 0.2) is 0 Å². The lowest BCUT2D eigenvalue weighted by Crippen LogP contribution is -2.08. The lowest BCUT2D eigenvalue weighted by molar-refractivity contribution is -0.136. The standard InChI is InChI=1S/C11H12O5/c12-6-7-2-1-3-9(11(15)16)8(7)4-5-10(13)14/h1-3,12H,4-6H2,(H,13,14)(H,15,16). The number of benzene rings is 1. The summed E-state index contributed by atoms with van der Waals surface area (Å²) in [6, 6.07) is 4.52. The van der Waals surface area contributed by atoms with Crippen molar-refractivity contribution < 1.29 is 24.9 Å². The average molecular weight is 224 g/mol. The van der Waals surface area contributed by atoms with Gasteiger partial charge in [-0.1, -0.05) is 12.1 Å². The molecule has 0 fully saturated rings. The van der Waals surface area contributed by atoms with E-state index in [4.69, 9.17) is 15.3 Å². The number of carboxylic acids is 2. The van der Waals surface area contributed by atoms with Gasteiger partial charge in [0, 0.05) is 6.42 Å². The molecule has 3 N–H and O–H groups in total. The summed E-state index contributed by atoms with van der Waals surface area (Å²) in [5.74, 6) is -2.11. The molecular formula is C11H12O5. The molecule has 0 atom stereocenters. The molecule has 5 heteroatoms. The molecule has 16 heavy (non-hydrogen) atoms. The van der Waals surface area contributed by atoms with Crippen molar-refractivity contribution in [1.82, 2.24) is 0 Å². The van der Waals surface area contributed by atoms with Crippen LogP contribution in [-0.2, 0) is 17.8 Å². The number of carboxylic acid groups (broad SMARTS) is 2. The van der Waals surface area contributed by atoms with Crippen LogP contribution < -0.4 is 0 Å². The van der Waals surface area contributed by atoms with Crippen LogP contribution in [0.4, 0.5) is 0 Å². The quantitative estimate of drug-likeness (QED) is 0.690. The molecule has 0 bridgehead atoms. The molecule has 0 aliphatic carbocycles. The van der Waals surface area contributed by atoms with Crippen LogP contribution in [0.25, 0.3) is 0 Å². The van der Waals surface area contributed by atoms with E-state index in [9.17, 15) is 9.59 Å². The number of hydrogen-bond donors (Lipinski definition) is 3. The molecule has 0 aliphatic heterocycles. The van der Waals surface area contributed by atoms with Gasteiger partial charge in [-0.15, -0.1) is 0 Å². The molecule has 1 aromatic rings. The fraction of sp³-hybridized carbons (Fsp3) is 0.273. The Balaban J connectivity index is 3.09. The summed E-state index contributed by atoms with van der Waals surface area (Å²) >= 11 is 0.